The molecule has 2 fully saturated rings. The maximum Gasteiger partial charge on any atom is 0.0624 e. The molecule has 0 aliphatic heterocycles. The Hall–Kier alpha value is -0.380. The van der Waals surface area contributed by atoms with Crippen LogP contribution in [0.15, 0.2) is 12.2 Å². The highest BCUT2D eigenvalue weighted by atomic mass is 16.5. The lowest BCUT2D eigenvalue weighted by atomic mass is 9.65. The monoisotopic (exact) mass is 440 g/mol. The molecule has 0 bridgehead atoms. The van der Waals surface area contributed by atoms with Gasteiger partial charge in [-0.05, 0) is 81.0 Å². The second-order valence-corrected chi connectivity index (χ2v) is 9.47. The van der Waals surface area contributed by atoms with Crippen LogP contribution in [-0.4, -0.2) is 38.1 Å². The molecule has 2 aliphatic carbocycles. The summed E-state index contributed by atoms with van der Waals surface area (Å²) in [5, 5.41) is 10.6. The SMILES string of the molecule is CC.CC.COCCCC/C=C\C[C@H]1C(O)C[C@@H](C)[C@@H]1CCCC(OC)C1(C)CCC1. The van der Waals surface area contributed by atoms with E-state index in [4.69, 9.17) is 9.47 Å². The molecule has 2 aliphatic rings. The summed E-state index contributed by atoms with van der Waals surface area (Å²) >= 11 is 0. The molecular weight excluding hydrogens is 384 g/mol. The molecule has 3 nitrogen and oxygen atoms in total. The van der Waals surface area contributed by atoms with Gasteiger partial charge in [0.05, 0.1) is 12.2 Å². The third kappa shape index (κ3) is 10.4. The van der Waals surface area contributed by atoms with Crippen LogP contribution >= 0.6 is 0 Å². The lowest BCUT2D eigenvalue weighted by molar-refractivity contribution is -0.0549. The minimum absolute atomic E-state index is 0.120. The van der Waals surface area contributed by atoms with Gasteiger partial charge in [-0.2, -0.15) is 0 Å². The van der Waals surface area contributed by atoms with Gasteiger partial charge in [0.2, 0.25) is 0 Å². The van der Waals surface area contributed by atoms with Crippen molar-refractivity contribution in [1.29, 1.82) is 0 Å². The third-order valence-corrected chi connectivity index (χ3v) is 7.49. The Balaban J connectivity index is 0.00000212. The summed E-state index contributed by atoms with van der Waals surface area (Å²) in [4.78, 5) is 0. The number of hydrogen-bond acceptors (Lipinski definition) is 3. The molecule has 0 saturated heterocycles. The summed E-state index contributed by atoms with van der Waals surface area (Å²) < 4.78 is 10.9. The van der Waals surface area contributed by atoms with Gasteiger partial charge in [0.1, 0.15) is 0 Å². The maximum atomic E-state index is 10.6. The summed E-state index contributed by atoms with van der Waals surface area (Å²) in [5.41, 5.74) is 0.417. The van der Waals surface area contributed by atoms with E-state index in [-0.39, 0.29) is 6.10 Å². The second kappa shape index (κ2) is 18.1. The maximum absolute atomic E-state index is 10.6. The number of allylic oxidation sites excluding steroid dienone is 2. The first-order chi connectivity index (χ1) is 15.0. The molecule has 0 aromatic rings. The fraction of sp³-hybridized carbons (Fsp3) is 0.929. The molecule has 5 atom stereocenters. The van der Waals surface area contributed by atoms with Gasteiger partial charge in [-0.1, -0.05) is 66.5 Å². The van der Waals surface area contributed by atoms with Crippen LogP contribution in [0.5, 0.6) is 0 Å². The van der Waals surface area contributed by atoms with Crippen LogP contribution in [0.1, 0.15) is 112 Å². The van der Waals surface area contributed by atoms with Crippen molar-refractivity contribution in [3.63, 3.8) is 0 Å². The third-order valence-electron chi connectivity index (χ3n) is 7.49. The fourth-order valence-electron chi connectivity index (χ4n) is 5.49. The second-order valence-electron chi connectivity index (χ2n) is 9.47. The van der Waals surface area contributed by atoms with Crippen LogP contribution in [-0.2, 0) is 9.47 Å². The van der Waals surface area contributed by atoms with E-state index in [2.05, 4.69) is 26.0 Å². The Morgan fingerprint density at radius 1 is 1.00 bits per heavy atom. The van der Waals surface area contributed by atoms with Crippen molar-refractivity contribution in [2.75, 3.05) is 20.8 Å². The number of hydrogen-bond donors (Lipinski definition) is 1. The van der Waals surface area contributed by atoms with E-state index in [1.54, 1.807) is 7.11 Å². The first kappa shape index (κ1) is 30.6. The Bertz CT molecular complexity index is 430. The summed E-state index contributed by atoms with van der Waals surface area (Å²) in [5.74, 6) is 1.74. The smallest absolute Gasteiger partial charge is 0.0624 e. The summed E-state index contributed by atoms with van der Waals surface area (Å²) in [6.45, 7) is 13.6. The molecule has 0 radical (unpaired) electrons. The number of rotatable bonds is 13. The number of aliphatic hydroxyl groups is 1. The molecule has 2 rings (SSSR count). The zero-order valence-electron chi connectivity index (χ0n) is 22.3. The van der Waals surface area contributed by atoms with E-state index in [1.807, 2.05) is 34.8 Å². The van der Waals surface area contributed by atoms with Gasteiger partial charge in [0, 0.05) is 20.8 Å². The van der Waals surface area contributed by atoms with E-state index in [0.29, 0.717) is 29.3 Å². The predicted octanol–water partition coefficient (Wildman–Crippen LogP) is 7.81. The zero-order chi connectivity index (χ0) is 23.7. The summed E-state index contributed by atoms with van der Waals surface area (Å²) in [6, 6.07) is 0. The minimum Gasteiger partial charge on any atom is -0.393 e. The van der Waals surface area contributed by atoms with Crippen LogP contribution in [0.3, 0.4) is 0 Å². The van der Waals surface area contributed by atoms with Gasteiger partial charge >= 0.3 is 0 Å². The van der Waals surface area contributed by atoms with Crippen LogP contribution in [0.25, 0.3) is 0 Å². The molecule has 3 heteroatoms. The van der Waals surface area contributed by atoms with E-state index in [1.165, 1.54) is 44.9 Å². The van der Waals surface area contributed by atoms with Crippen LogP contribution in [0.2, 0.25) is 0 Å². The van der Waals surface area contributed by atoms with Crippen LogP contribution in [0.4, 0.5) is 0 Å². The molecule has 1 N–H and O–H groups in total. The van der Waals surface area contributed by atoms with Gasteiger partial charge < -0.3 is 14.6 Å². The lowest BCUT2D eigenvalue weighted by Crippen LogP contribution is -2.39. The Kier molecular flexibility index (Phi) is 17.9. The first-order valence-electron chi connectivity index (χ1n) is 13.4. The number of aliphatic hydroxyl groups excluding tert-OH is 1. The molecule has 186 valence electrons. The van der Waals surface area contributed by atoms with Crippen molar-refractivity contribution in [2.24, 2.45) is 23.2 Å². The van der Waals surface area contributed by atoms with Gasteiger partial charge in [0.15, 0.2) is 0 Å². The fourth-order valence-corrected chi connectivity index (χ4v) is 5.49. The number of unbranched alkanes of at least 4 members (excludes halogenated alkanes) is 2. The Labute approximate surface area is 195 Å². The molecule has 2 saturated carbocycles. The van der Waals surface area contributed by atoms with Crippen molar-refractivity contribution in [3.05, 3.63) is 12.2 Å². The largest absolute Gasteiger partial charge is 0.393 e. The standard InChI is InChI=1S/C24H44O3.2C2H6/c1-19-18-22(25)21(12-8-6-5-7-9-17-26-3)20(19)13-10-14-23(27-4)24(2)15-11-16-24;2*1-2/h6,8,19-23,25H,5,7,9-18H2,1-4H3;2*1-2H3/b8-6-;;/t19-,20+,21-,22?,23?;;/m1../s1. The van der Waals surface area contributed by atoms with Crippen molar-refractivity contribution < 1.29 is 14.6 Å². The molecule has 0 aromatic heterocycles. The van der Waals surface area contributed by atoms with Crippen LogP contribution in [0, 0.1) is 23.2 Å². The number of ether oxygens (including phenoxy) is 2. The predicted molar refractivity (Wildman–Crippen MR) is 136 cm³/mol. The van der Waals surface area contributed by atoms with Crippen LogP contribution < -0.4 is 0 Å². The minimum atomic E-state index is -0.120. The van der Waals surface area contributed by atoms with E-state index >= 15 is 0 Å². The molecular formula is C28H56O3. The topological polar surface area (TPSA) is 38.7 Å². The molecule has 2 unspecified atom stereocenters. The highest BCUT2D eigenvalue weighted by molar-refractivity contribution is 4.95. The molecule has 0 heterocycles. The van der Waals surface area contributed by atoms with Crippen molar-refractivity contribution in [3.8, 4) is 0 Å². The van der Waals surface area contributed by atoms with Gasteiger partial charge in [-0.25, -0.2) is 0 Å². The van der Waals surface area contributed by atoms with E-state index in [0.717, 1.165) is 32.3 Å². The van der Waals surface area contributed by atoms with Gasteiger partial charge in [-0.15, -0.1) is 0 Å². The van der Waals surface area contributed by atoms with Crippen molar-refractivity contribution >= 4 is 0 Å². The Morgan fingerprint density at radius 3 is 2.23 bits per heavy atom. The van der Waals surface area contributed by atoms with Crippen molar-refractivity contribution in [1.82, 2.24) is 0 Å². The molecule has 0 amide bonds. The van der Waals surface area contributed by atoms with Gasteiger partial charge in [-0.3, -0.25) is 0 Å². The Morgan fingerprint density at radius 2 is 1.68 bits per heavy atom. The number of methoxy groups -OCH3 is 2. The van der Waals surface area contributed by atoms with Gasteiger partial charge in [0.25, 0.3) is 0 Å². The average Bonchev–Trinajstić information content (AvgIpc) is 3.04. The molecule has 0 spiro atoms. The van der Waals surface area contributed by atoms with E-state index in [9.17, 15) is 5.11 Å². The summed E-state index contributed by atoms with van der Waals surface area (Å²) in [7, 11) is 3.65. The first-order valence-corrected chi connectivity index (χ1v) is 13.4. The molecule has 31 heavy (non-hydrogen) atoms. The van der Waals surface area contributed by atoms with Crippen molar-refractivity contribution in [2.45, 2.75) is 124 Å². The quantitative estimate of drug-likeness (QED) is 0.234. The molecule has 0 aromatic carbocycles. The summed E-state index contributed by atoms with van der Waals surface area (Å²) in [6.07, 6.45) is 18.0. The highest BCUT2D eigenvalue weighted by Gasteiger charge is 2.41. The lowest BCUT2D eigenvalue weighted by Gasteiger charge is -2.44. The van der Waals surface area contributed by atoms with E-state index < -0.39 is 0 Å². The zero-order valence-corrected chi connectivity index (χ0v) is 22.3. The average molecular weight is 441 g/mol. The normalized spacial score (nSPS) is 27.6. The highest BCUT2D eigenvalue weighted by Crippen LogP contribution is 2.47.